The highest BCUT2D eigenvalue weighted by Crippen LogP contribution is 2.27. The van der Waals surface area contributed by atoms with E-state index in [-0.39, 0.29) is 23.4 Å². The van der Waals surface area contributed by atoms with Crippen LogP contribution in [-0.4, -0.2) is 17.0 Å². The van der Waals surface area contributed by atoms with E-state index in [4.69, 9.17) is 10.5 Å². The van der Waals surface area contributed by atoms with E-state index in [1.165, 1.54) is 12.1 Å². The predicted molar refractivity (Wildman–Crippen MR) is 80.3 cm³/mol. The summed E-state index contributed by atoms with van der Waals surface area (Å²) in [7, 11) is 1.59. The first kappa shape index (κ1) is 14.6. The number of pyridine rings is 1. The van der Waals surface area contributed by atoms with Gasteiger partial charge in [-0.3, -0.25) is 10.1 Å². The molecule has 1 heterocycles. The SMILES string of the molecule is COc1ccc(C(C)Nc2nc(N)ccc2[N+](=O)[O-])cc1. The van der Waals surface area contributed by atoms with E-state index in [0.717, 1.165) is 11.3 Å². The van der Waals surface area contributed by atoms with E-state index in [0.29, 0.717) is 0 Å². The highest BCUT2D eigenvalue weighted by Gasteiger charge is 2.18. The van der Waals surface area contributed by atoms with Gasteiger partial charge < -0.3 is 15.8 Å². The number of nitrogens with one attached hydrogen (secondary N) is 1. The first-order chi connectivity index (χ1) is 10.0. The van der Waals surface area contributed by atoms with Crippen molar-refractivity contribution in [2.75, 3.05) is 18.2 Å². The number of nitrogen functional groups attached to an aromatic ring is 1. The molecule has 1 unspecified atom stereocenters. The topological polar surface area (TPSA) is 103 Å². The Morgan fingerprint density at radius 2 is 1.95 bits per heavy atom. The van der Waals surface area contributed by atoms with Gasteiger partial charge in [-0.05, 0) is 30.7 Å². The van der Waals surface area contributed by atoms with Crippen molar-refractivity contribution in [3.05, 3.63) is 52.1 Å². The number of methoxy groups -OCH3 is 1. The van der Waals surface area contributed by atoms with Gasteiger partial charge in [-0.25, -0.2) is 4.98 Å². The third-order valence-electron chi connectivity index (χ3n) is 3.06. The van der Waals surface area contributed by atoms with Crippen molar-refractivity contribution in [2.24, 2.45) is 0 Å². The lowest BCUT2D eigenvalue weighted by molar-refractivity contribution is -0.384. The molecule has 0 radical (unpaired) electrons. The molecule has 2 rings (SSSR count). The number of hydrogen-bond donors (Lipinski definition) is 2. The van der Waals surface area contributed by atoms with E-state index in [1.807, 2.05) is 31.2 Å². The van der Waals surface area contributed by atoms with Gasteiger partial charge in [0.25, 0.3) is 0 Å². The highest BCUT2D eigenvalue weighted by molar-refractivity contribution is 5.60. The molecule has 21 heavy (non-hydrogen) atoms. The van der Waals surface area contributed by atoms with Crippen LogP contribution in [0.15, 0.2) is 36.4 Å². The van der Waals surface area contributed by atoms with Crippen LogP contribution in [0.25, 0.3) is 0 Å². The van der Waals surface area contributed by atoms with Crippen LogP contribution in [0.4, 0.5) is 17.3 Å². The first-order valence-corrected chi connectivity index (χ1v) is 6.32. The molecule has 2 aromatic rings. The van der Waals surface area contributed by atoms with Crippen LogP contribution in [0.3, 0.4) is 0 Å². The van der Waals surface area contributed by atoms with E-state index in [2.05, 4.69) is 10.3 Å². The second-order valence-electron chi connectivity index (χ2n) is 4.50. The van der Waals surface area contributed by atoms with Gasteiger partial charge in [-0.2, -0.15) is 0 Å². The third kappa shape index (κ3) is 3.38. The summed E-state index contributed by atoms with van der Waals surface area (Å²) >= 11 is 0. The van der Waals surface area contributed by atoms with Crippen LogP contribution in [0.5, 0.6) is 5.75 Å². The lowest BCUT2D eigenvalue weighted by atomic mass is 10.1. The Labute approximate surface area is 121 Å². The van der Waals surface area contributed by atoms with E-state index in [9.17, 15) is 10.1 Å². The van der Waals surface area contributed by atoms with Crippen LogP contribution in [0, 0.1) is 10.1 Å². The molecule has 0 saturated heterocycles. The Bertz CT molecular complexity index is 643. The maximum absolute atomic E-state index is 11.0. The lowest BCUT2D eigenvalue weighted by Crippen LogP contribution is -2.10. The Morgan fingerprint density at radius 1 is 1.29 bits per heavy atom. The fourth-order valence-corrected chi connectivity index (χ4v) is 1.90. The summed E-state index contributed by atoms with van der Waals surface area (Å²) in [6.07, 6.45) is 0. The van der Waals surface area contributed by atoms with Gasteiger partial charge in [0, 0.05) is 6.07 Å². The Hall–Kier alpha value is -2.83. The molecular weight excluding hydrogens is 272 g/mol. The zero-order valence-electron chi connectivity index (χ0n) is 11.7. The minimum Gasteiger partial charge on any atom is -0.497 e. The summed E-state index contributed by atoms with van der Waals surface area (Å²) in [5, 5.41) is 14.0. The van der Waals surface area contributed by atoms with Crippen LogP contribution in [0.2, 0.25) is 0 Å². The molecule has 7 nitrogen and oxygen atoms in total. The Morgan fingerprint density at radius 3 is 2.52 bits per heavy atom. The molecule has 0 saturated carbocycles. The highest BCUT2D eigenvalue weighted by atomic mass is 16.6. The number of ether oxygens (including phenoxy) is 1. The number of anilines is 2. The molecule has 1 aromatic heterocycles. The number of rotatable bonds is 5. The van der Waals surface area contributed by atoms with Gasteiger partial charge in [0.1, 0.15) is 11.6 Å². The minimum absolute atomic E-state index is 0.107. The predicted octanol–water partition coefficient (Wildman–Crippen LogP) is 2.75. The number of aromatic nitrogens is 1. The summed E-state index contributed by atoms with van der Waals surface area (Å²) in [5.41, 5.74) is 6.44. The maximum Gasteiger partial charge on any atom is 0.311 e. The summed E-state index contributed by atoms with van der Waals surface area (Å²) in [6.45, 7) is 1.89. The second-order valence-corrected chi connectivity index (χ2v) is 4.50. The van der Waals surface area contributed by atoms with Crippen LogP contribution >= 0.6 is 0 Å². The standard InChI is InChI=1S/C14H16N4O3/c1-9(10-3-5-11(21-2)6-4-10)16-14-12(18(19)20)7-8-13(15)17-14/h3-9H,1-2H3,(H3,15,16,17). The third-order valence-corrected chi connectivity index (χ3v) is 3.06. The zero-order chi connectivity index (χ0) is 15.4. The largest absolute Gasteiger partial charge is 0.497 e. The van der Waals surface area contributed by atoms with Gasteiger partial charge >= 0.3 is 5.69 Å². The van der Waals surface area contributed by atoms with Crippen molar-refractivity contribution in [3.8, 4) is 5.75 Å². The number of nitrogens with two attached hydrogens (primary N) is 1. The van der Waals surface area contributed by atoms with Gasteiger partial charge in [0.05, 0.1) is 18.1 Å². The number of nitro groups is 1. The smallest absolute Gasteiger partial charge is 0.311 e. The second kappa shape index (κ2) is 6.08. The average molecular weight is 288 g/mol. The number of benzene rings is 1. The van der Waals surface area contributed by atoms with Crippen molar-refractivity contribution in [2.45, 2.75) is 13.0 Å². The molecule has 0 fully saturated rings. The molecule has 1 atom stereocenters. The maximum atomic E-state index is 11.0. The molecule has 7 heteroatoms. The Balaban J connectivity index is 2.24. The van der Waals surface area contributed by atoms with Crippen LogP contribution in [-0.2, 0) is 0 Å². The molecule has 0 aliphatic carbocycles. The van der Waals surface area contributed by atoms with E-state index >= 15 is 0 Å². The monoisotopic (exact) mass is 288 g/mol. The summed E-state index contributed by atoms with van der Waals surface area (Å²) in [5.74, 6) is 1.13. The lowest BCUT2D eigenvalue weighted by Gasteiger charge is -2.15. The van der Waals surface area contributed by atoms with Crippen LogP contribution in [0.1, 0.15) is 18.5 Å². The first-order valence-electron chi connectivity index (χ1n) is 6.32. The van der Waals surface area contributed by atoms with Crippen LogP contribution < -0.4 is 15.8 Å². The van der Waals surface area contributed by atoms with Gasteiger partial charge in [0.15, 0.2) is 0 Å². The van der Waals surface area contributed by atoms with Gasteiger partial charge in [-0.15, -0.1) is 0 Å². The van der Waals surface area contributed by atoms with E-state index < -0.39 is 4.92 Å². The average Bonchev–Trinajstić information content (AvgIpc) is 2.47. The quantitative estimate of drug-likeness (QED) is 0.647. The Kier molecular flexibility index (Phi) is 4.22. The molecule has 0 spiro atoms. The molecule has 110 valence electrons. The van der Waals surface area contributed by atoms with Crippen molar-refractivity contribution in [3.63, 3.8) is 0 Å². The van der Waals surface area contributed by atoms with Crippen molar-refractivity contribution in [1.82, 2.24) is 4.98 Å². The normalized spacial score (nSPS) is 11.7. The van der Waals surface area contributed by atoms with Crippen molar-refractivity contribution in [1.29, 1.82) is 0 Å². The fraction of sp³-hybridized carbons (Fsp3) is 0.214. The number of nitrogens with zero attached hydrogens (tertiary/aromatic N) is 2. The fourth-order valence-electron chi connectivity index (χ4n) is 1.90. The molecule has 0 amide bonds. The molecule has 0 aliphatic rings. The molecular formula is C14H16N4O3. The summed E-state index contributed by atoms with van der Waals surface area (Å²) in [4.78, 5) is 14.5. The minimum atomic E-state index is -0.491. The van der Waals surface area contributed by atoms with Crippen molar-refractivity contribution >= 4 is 17.3 Å². The summed E-state index contributed by atoms with van der Waals surface area (Å²) in [6, 6.07) is 10.0. The molecule has 1 aromatic carbocycles. The molecule has 0 aliphatic heterocycles. The van der Waals surface area contributed by atoms with Gasteiger partial charge in [-0.1, -0.05) is 12.1 Å². The molecule has 0 bridgehead atoms. The van der Waals surface area contributed by atoms with Gasteiger partial charge in [0.2, 0.25) is 5.82 Å². The zero-order valence-corrected chi connectivity index (χ0v) is 11.7. The molecule has 3 N–H and O–H groups in total. The number of hydrogen-bond acceptors (Lipinski definition) is 6. The summed E-state index contributed by atoms with van der Waals surface area (Å²) < 4.78 is 5.09. The van der Waals surface area contributed by atoms with E-state index in [1.54, 1.807) is 7.11 Å². The van der Waals surface area contributed by atoms with Crippen molar-refractivity contribution < 1.29 is 9.66 Å².